The first-order chi connectivity index (χ1) is 8.08. The average Bonchev–Trinajstić information content (AvgIpc) is 2.32. The van der Waals surface area contributed by atoms with E-state index in [0.29, 0.717) is 5.92 Å². The maximum atomic E-state index is 11.6. The zero-order valence-corrected chi connectivity index (χ0v) is 11.5. The van der Waals surface area contributed by atoms with Crippen LogP contribution >= 0.6 is 0 Å². The summed E-state index contributed by atoms with van der Waals surface area (Å²) in [7, 11) is 1.45. The number of rotatable bonds is 5. The van der Waals surface area contributed by atoms with Crippen LogP contribution in [0.4, 0.5) is 0 Å². The molecule has 0 aromatic carbocycles. The Bertz CT molecular complexity index is 246. The van der Waals surface area contributed by atoms with Gasteiger partial charge < -0.3 is 15.0 Å². The van der Waals surface area contributed by atoms with E-state index in [0.717, 1.165) is 32.1 Å². The molecule has 1 heterocycles. The summed E-state index contributed by atoms with van der Waals surface area (Å²) < 4.78 is 4.83. The third-order valence-electron chi connectivity index (χ3n) is 3.80. The molecule has 0 spiro atoms. The van der Waals surface area contributed by atoms with Gasteiger partial charge in [0.2, 0.25) is 0 Å². The van der Waals surface area contributed by atoms with Crippen molar-refractivity contribution in [2.24, 2.45) is 11.8 Å². The lowest BCUT2D eigenvalue weighted by atomic mass is 9.88. The Hall–Kier alpha value is -0.610. The van der Waals surface area contributed by atoms with Crippen molar-refractivity contribution < 1.29 is 9.53 Å². The van der Waals surface area contributed by atoms with Gasteiger partial charge in [0.05, 0.1) is 7.11 Å². The number of hydrogen-bond donors (Lipinski definition) is 1. The normalized spacial score (nSPS) is 27.8. The molecule has 0 radical (unpaired) electrons. The highest BCUT2D eigenvalue weighted by Gasteiger charge is 2.27. The molecule has 1 saturated heterocycles. The first-order valence-corrected chi connectivity index (χ1v) is 6.62. The Kier molecular flexibility index (Phi) is 5.92. The van der Waals surface area contributed by atoms with Crippen molar-refractivity contribution in [2.45, 2.75) is 33.2 Å². The molecule has 0 saturated carbocycles. The molecule has 4 heteroatoms. The van der Waals surface area contributed by atoms with Crippen molar-refractivity contribution in [1.82, 2.24) is 10.2 Å². The van der Waals surface area contributed by atoms with E-state index in [1.165, 1.54) is 13.5 Å². The predicted molar refractivity (Wildman–Crippen MR) is 68.9 cm³/mol. The summed E-state index contributed by atoms with van der Waals surface area (Å²) in [5, 5.41) is 3.19. The van der Waals surface area contributed by atoms with E-state index in [4.69, 9.17) is 4.74 Å². The zero-order chi connectivity index (χ0) is 12.8. The molecule has 1 fully saturated rings. The number of carbonyl (C=O) groups excluding carboxylic acids is 1. The lowest BCUT2D eigenvalue weighted by Gasteiger charge is -2.36. The molecule has 17 heavy (non-hydrogen) atoms. The summed E-state index contributed by atoms with van der Waals surface area (Å²) in [5.74, 6) is 1.35. The molecule has 1 aliphatic heterocycles. The molecular formula is C13H26N2O2. The maximum absolute atomic E-state index is 11.6. The maximum Gasteiger partial charge on any atom is 0.324 e. The topological polar surface area (TPSA) is 41.6 Å². The second-order valence-electron chi connectivity index (χ2n) is 5.14. The highest BCUT2D eigenvalue weighted by Crippen LogP contribution is 2.22. The lowest BCUT2D eigenvalue weighted by molar-refractivity contribution is -0.143. The molecule has 0 bridgehead atoms. The smallest absolute Gasteiger partial charge is 0.324 e. The Balaban J connectivity index is 2.47. The fourth-order valence-electron chi connectivity index (χ4n) is 2.38. The third kappa shape index (κ3) is 4.28. The zero-order valence-electron chi connectivity index (χ0n) is 11.5. The second-order valence-corrected chi connectivity index (χ2v) is 5.14. The van der Waals surface area contributed by atoms with Gasteiger partial charge in [0.15, 0.2) is 0 Å². The average molecular weight is 242 g/mol. The van der Waals surface area contributed by atoms with Crippen molar-refractivity contribution in [3.63, 3.8) is 0 Å². The fourth-order valence-corrected chi connectivity index (χ4v) is 2.38. The Morgan fingerprint density at radius 3 is 2.71 bits per heavy atom. The van der Waals surface area contributed by atoms with Crippen LogP contribution in [0.15, 0.2) is 0 Å². The molecule has 1 rings (SSSR count). The Labute approximate surface area is 105 Å². The van der Waals surface area contributed by atoms with Gasteiger partial charge >= 0.3 is 5.97 Å². The SMILES string of the molecule is CCNC(CN1CCC(C)C(C)C1)C(=O)OC. The van der Waals surface area contributed by atoms with Gasteiger partial charge in [0, 0.05) is 13.1 Å². The molecular weight excluding hydrogens is 216 g/mol. The lowest BCUT2D eigenvalue weighted by Crippen LogP contribution is -2.50. The van der Waals surface area contributed by atoms with Crippen LogP contribution in [0.3, 0.4) is 0 Å². The van der Waals surface area contributed by atoms with E-state index in [1.807, 2.05) is 6.92 Å². The molecule has 3 atom stereocenters. The molecule has 1 aliphatic rings. The Morgan fingerprint density at radius 1 is 1.47 bits per heavy atom. The summed E-state index contributed by atoms with van der Waals surface area (Å²) in [4.78, 5) is 14.0. The number of nitrogens with zero attached hydrogens (tertiary/aromatic N) is 1. The number of hydrogen-bond acceptors (Lipinski definition) is 4. The molecule has 4 nitrogen and oxygen atoms in total. The van der Waals surface area contributed by atoms with Gasteiger partial charge in [-0.1, -0.05) is 20.8 Å². The van der Waals surface area contributed by atoms with Gasteiger partial charge in [-0.25, -0.2) is 0 Å². The fraction of sp³-hybridized carbons (Fsp3) is 0.923. The number of nitrogens with one attached hydrogen (secondary N) is 1. The molecule has 0 aromatic heterocycles. The quantitative estimate of drug-likeness (QED) is 0.734. The van der Waals surface area contributed by atoms with Crippen LogP contribution in [-0.4, -0.2) is 50.2 Å². The first-order valence-electron chi connectivity index (χ1n) is 6.62. The van der Waals surface area contributed by atoms with E-state index in [1.54, 1.807) is 0 Å². The highest BCUT2D eigenvalue weighted by molar-refractivity contribution is 5.75. The number of likely N-dealkylation sites (tertiary alicyclic amines) is 1. The molecule has 100 valence electrons. The van der Waals surface area contributed by atoms with Crippen molar-refractivity contribution >= 4 is 5.97 Å². The summed E-state index contributed by atoms with van der Waals surface area (Å²) in [5.41, 5.74) is 0. The van der Waals surface area contributed by atoms with Crippen LogP contribution in [0.2, 0.25) is 0 Å². The molecule has 0 aliphatic carbocycles. The van der Waals surface area contributed by atoms with Crippen molar-refractivity contribution in [1.29, 1.82) is 0 Å². The van der Waals surface area contributed by atoms with Crippen LogP contribution in [-0.2, 0) is 9.53 Å². The monoisotopic (exact) mass is 242 g/mol. The second kappa shape index (κ2) is 6.97. The van der Waals surface area contributed by atoms with Crippen LogP contribution in [0.5, 0.6) is 0 Å². The van der Waals surface area contributed by atoms with Gasteiger partial charge in [-0.3, -0.25) is 4.79 Å². The van der Waals surface area contributed by atoms with Gasteiger partial charge in [0.1, 0.15) is 6.04 Å². The van der Waals surface area contributed by atoms with Crippen LogP contribution in [0.1, 0.15) is 27.2 Å². The largest absolute Gasteiger partial charge is 0.468 e. The van der Waals surface area contributed by atoms with Crippen LogP contribution in [0, 0.1) is 11.8 Å². The summed E-state index contributed by atoms with van der Waals surface area (Å²) in [6.45, 7) is 10.3. The highest BCUT2D eigenvalue weighted by atomic mass is 16.5. The summed E-state index contributed by atoms with van der Waals surface area (Å²) in [6.07, 6.45) is 1.22. The molecule has 1 N–H and O–H groups in total. The van der Waals surface area contributed by atoms with Crippen molar-refractivity contribution in [3.05, 3.63) is 0 Å². The van der Waals surface area contributed by atoms with Gasteiger partial charge in [-0.15, -0.1) is 0 Å². The third-order valence-corrected chi connectivity index (χ3v) is 3.80. The van der Waals surface area contributed by atoms with E-state index in [-0.39, 0.29) is 12.0 Å². The van der Waals surface area contributed by atoms with E-state index >= 15 is 0 Å². The number of likely N-dealkylation sites (N-methyl/N-ethyl adjacent to an activating group) is 1. The van der Waals surface area contributed by atoms with Crippen LogP contribution < -0.4 is 5.32 Å². The Morgan fingerprint density at radius 2 is 2.18 bits per heavy atom. The van der Waals surface area contributed by atoms with Crippen LogP contribution in [0.25, 0.3) is 0 Å². The molecule has 3 unspecified atom stereocenters. The van der Waals surface area contributed by atoms with E-state index in [2.05, 4.69) is 24.1 Å². The minimum atomic E-state index is -0.189. The van der Waals surface area contributed by atoms with E-state index in [9.17, 15) is 4.79 Å². The molecule has 0 amide bonds. The number of carbonyl (C=O) groups is 1. The van der Waals surface area contributed by atoms with Crippen molar-refractivity contribution in [2.75, 3.05) is 33.3 Å². The number of methoxy groups -OCH3 is 1. The summed E-state index contributed by atoms with van der Waals surface area (Å²) in [6, 6.07) is -0.189. The van der Waals surface area contributed by atoms with Gasteiger partial charge in [0.25, 0.3) is 0 Å². The predicted octanol–water partition coefficient (Wildman–Crippen LogP) is 1.12. The van der Waals surface area contributed by atoms with Crippen molar-refractivity contribution in [3.8, 4) is 0 Å². The minimum absolute atomic E-state index is 0.155. The van der Waals surface area contributed by atoms with Gasteiger partial charge in [-0.2, -0.15) is 0 Å². The molecule has 0 aromatic rings. The number of ether oxygens (including phenoxy) is 1. The number of esters is 1. The van der Waals surface area contributed by atoms with E-state index < -0.39 is 0 Å². The number of piperidine rings is 1. The standard InChI is InChI=1S/C13H26N2O2/c1-5-14-12(13(16)17-4)9-15-7-6-10(2)11(3)8-15/h10-12,14H,5-9H2,1-4H3. The first kappa shape index (κ1) is 14.5. The summed E-state index contributed by atoms with van der Waals surface area (Å²) >= 11 is 0. The van der Waals surface area contributed by atoms with Gasteiger partial charge in [-0.05, 0) is 31.3 Å². The minimum Gasteiger partial charge on any atom is -0.468 e.